The van der Waals surface area contributed by atoms with Crippen molar-refractivity contribution in [3.8, 4) is 0 Å². The fourth-order valence-electron chi connectivity index (χ4n) is 3.16. The molecule has 1 N–H and O–H groups in total. The maximum Gasteiger partial charge on any atom is 0.317 e. The Kier molecular flexibility index (Phi) is 5.59. The molecule has 3 rings (SSSR count). The Labute approximate surface area is 142 Å². The van der Waals surface area contributed by atoms with Crippen LogP contribution in [0.5, 0.6) is 0 Å². The molecule has 1 atom stereocenters. The zero-order valence-corrected chi connectivity index (χ0v) is 14.1. The summed E-state index contributed by atoms with van der Waals surface area (Å²) >= 11 is 0. The van der Waals surface area contributed by atoms with Crippen molar-refractivity contribution in [2.24, 2.45) is 0 Å². The minimum Gasteiger partial charge on any atom is -0.468 e. The Morgan fingerprint density at radius 3 is 2.62 bits per heavy atom. The third kappa shape index (κ3) is 4.00. The highest BCUT2D eigenvalue weighted by Crippen LogP contribution is 2.24. The summed E-state index contributed by atoms with van der Waals surface area (Å²) in [6, 6.07) is 7.61. The fourth-order valence-corrected chi connectivity index (χ4v) is 3.16. The first-order valence-electron chi connectivity index (χ1n) is 8.60. The second kappa shape index (κ2) is 8.06. The van der Waals surface area contributed by atoms with E-state index in [2.05, 4.69) is 10.2 Å². The Morgan fingerprint density at radius 1 is 1.25 bits per heavy atom. The number of carbonyl (C=O) groups excluding carboxylic acids is 1. The Bertz CT molecular complexity index is 604. The number of hydrogen-bond donors (Lipinski definition) is 1. The molecule has 0 unspecified atom stereocenters. The summed E-state index contributed by atoms with van der Waals surface area (Å²) in [4.78, 5) is 16.6. The van der Waals surface area contributed by atoms with Crippen molar-refractivity contribution in [2.45, 2.75) is 32.4 Å². The SMILES string of the molecule is CCN(Cc1ccco1)C(=O)NC[C@H](c1ccco1)N1CCCC1. The quantitative estimate of drug-likeness (QED) is 0.846. The van der Waals surface area contributed by atoms with Crippen molar-refractivity contribution in [1.82, 2.24) is 15.1 Å². The van der Waals surface area contributed by atoms with E-state index in [9.17, 15) is 4.79 Å². The van der Waals surface area contributed by atoms with Crippen molar-refractivity contribution < 1.29 is 13.6 Å². The average molecular weight is 331 g/mol. The van der Waals surface area contributed by atoms with Gasteiger partial charge in [-0.1, -0.05) is 0 Å². The zero-order valence-electron chi connectivity index (χ0n) is 14.1. The van der Waals surface area contributed by atoms with E-state index in [0.29, 0.717) is 19.6 Å². The largest absolute Gasteiger partial charge is 0.468 e. The lowest BCUT2D eigenvalue weighted by Gasteiger charge is -2.27. The first-order valence-corrected chi connectivity index (χ1v) is 8.60. The number of likely N-dealkylation sites (tertiary alicyclic amines) is 1. The van der Waals surface area contributed by atoms with Crippen LogP contribution in [0.25, 0.3) is 0 Å². The van der Waals surface area contributed by atoms with Gasteiger partial charge in [-0.2, -0.15) is 0 Å². The van der Waals surface area contributed by atoms with Crippen molar-refractivity contribution in [2.75, 3.05) is 26.2 Å². The lowest BCUT2D eigenvalue weighted by molar-refractivity contribution is 0.178. The van der Waals surface area contributed by atoms with E-state index in [1.54, 1.807) is 17.4 Å². The monoisotopic (exact) mass is 331 g/mol. The van der Waals surface area contributed by atoms with Gasteiger partial charge in [0.1, 0.15) is 11.5 Å². The van der Waals surface area contributed by atoms with Crippen LogP contribution in [0.15, 0.2) is 45.6 Å². The summed E-state index contributed by atoms with van der Waals surface area (Å²) in [5.41, 5.74) is 0. The zero-order chi connectivity index (χ0) is 16.8. The highest BCUT2D eigenvalue weighted by Gasteiger charge is 2.26. The number of nitrogens with one attached hydrogen (secondary N) is 1. The molecule has 0 aliphatic carbocycles. The van der Waals surface area contributed by atoms with Gasteiger partial charge in [-0.15, -0.1) is 0 Å². The molecule has 1 aliphatic heterocycles. The van der Waals surface area contributed by atoms with Gasteiger partial charge in [-0.05, 0) is 57.1 Å². The van der Waals surface area contributed by atoms with Crippen LogP contribution in [-0.4, -0.2) is 42.0 Å². The van der Waals surface area contributed by atoms with Gasteiger partial charge in [-0.25, -0.2) is 4.79 Å². The summed E-state index contributed by atoms with van der Waals surface area (Å²) in [7, 11) is 0. The smallest absolute Gasteiger partial charge is 0.317 e. The van der Waals surface area contributed by atoms with Crippen molar-refractivity contribution >= 4 is 6.03 Å². The van der Waals surface area contributed by atoms with Gasteiger partial charge in [0.05, 0.1) is 25.1 Å². The van der Waals surface area contributed by atoms with E-state index in [0.717, 1.165) is 24.6 Å². The minimum absolute atomic E-state index is 0.0790. The maximum atomic E-state index is 12.5. The lowest BCUT2D eigenvalue weighted by Crippen LogP contribution is -2.43. The van der Waals surface area contributed by atoms with Gasteiger partial charge in [0, 0.05) is 13.1 Å². The molecule has 6 heteroatoms. The first-order chi connectivity index (χ1) is 11.8. The molecular weight excluding hydrogens is 306 g/mol. The molecule has 6 nitrogen and oxygen atoms in total. The van der Waals surface area contributed by atoms with Crippen LogP contribution in [0.1, 0.15) is 37.3 Å². The predicted octanol–water partition coefficient (Wildman–Crippen LogP) is 3.24. The molecule has 130 valence electrons. The molecule has 1 saturated heterocycles. The molecule has 2 aromatic heterocycles. The van der Waals surface area contributed by atoms with Crippen LogP contribution in [0.2, 0.25) is 0 Å². The van der Waals surface area contributed by atoms with Gasteiger partial charge in [0.2, 0.25) is 0 Å². The minimum atomic E-state index is -0.0790. The van der Waals surface area contributed by atoms with Crippen molar-refractivity contribution in [3.63, 3.8) is 0 Å². The number of amides is 2. The Hall–Kier alpha value is -2.21. The van der Waals surface area contributed by atoms with E-state index in [1.165, 1.54) is 12.8 Å². The Morgan fingerprint density at radius 2 is 2.00 bits per heavy atom. The van der Waals surface area contributed by atoms with E-state index >= 15 is 0 Å². The summed E-state index contributed by atoms with van der Waals surface area (Å²) in [5, 5.41) is 3.06. The van der Waals surface area contributed by atoms with Gasteiger partial charge < -0.3 is 19.1 Å². The molecule has 0 radical (unpaired) electrons. The second-order valence-electron chi connectivity index (χ2n) is 6.05. The normalized spacial score (nSPS) is 16.2. The number of carbonyl (C=O) groups is 1. The molecule has 1 fully saturated rings. The molecule has 0 spiro atoms. The lowest BCUT2D eigenvalue weighted by atomic mass is 10.2. The van der Waals surface area contributed by atoms with Crippen LogP contribution in [-0.2, 0) is 6.54 Å². The van der Waals surface area contributed by atoms with Crippen LogP contribution in [0, 0.1) is 0 Å². The number of furan rings is 2. The van der Waals surface area contributed by atoms with Gasteiger partial charge >= 0.3 is 6.03 Å². The van der Waals surface area contributed by atoms with E-state index in [-0.39, 0.29) is 12.1 Å². The van der Waals surface area contributed by atoms with Gasteiger partial charge in [-0.3, -0.25) is 4.90 Å². The van der Waals surface area contributed by atoms with Gasteiger partial charge in [0.25, 0.3) is 0 Å². The number of nitrogens with zero attached hydrogens (tertiary/aromatic N) is 2. The molecule has 0 bridgehead atoms. The molecular formula is C18H25N3O3. The average Bonchev–Trinajstić information content (AvgIpc) is 3.34. The van der Waals surface area contributed by atoms with E-state index in [4.69, 9.17) is 8.83 Å². The fraction of sp³-hybridized carbons (Fsp3) is 0.500. The van der Waals surface area contributed by atoms with Crippen molar-refractivity contribution in [1.29, 1.82) is 0 Å². The highest BCUT2D eigenvalue weighted by atomic mass is 16.3. The van der Waals surface area contributed by atoms with Crippen LogP contribution in [0.3, 0.4) is 0 Å². The highest BCUT2D eigenvalue weighted by molar-refractivity contribution is 5.74. The molecule has 2 amide bonds. The second-order valence-corrected chi connectivity index (χ2v) is 6.05. The summed E-state index contributed by atoms with van der Waals surface area (Å²) in [5.74, 6) is 1.69. The molecule has 0 saturated carbocycles. The topological polar surface area (TPSA) is 61.9 Å². The molecule has 1 aliphatic rings. The van der Waals surface area contributed by atoms with E-state index in [1.807, 2.05) is 31.2 Å². The maximum absolute atomic E-state index is 12.5. The van der Waals surface area contributed by atoms with Crippen LogP contribution in [0.4, 0.5) is 4.79 Å². The third-order valence-electron chi connectivity index (χ3n) is 4.50. The standard InChI is InChI=1S/C18H25N3O3/c1-2-20(14-15-7-5-11-23-15)18(22)19-13-16(17-8-6-12-24-17)21-9-3-4-10-21/h5-8,11-12,16H,2-4,9-10,13-14H2,1H3,(H,19,22)/t16-/m1/s1. The molecule has 3 heterocycles. The van der Waals surface area contributed by atoms with Crippen LogP contribution < -0.4 is 5.32 Å². The molecule has 2 aromatic rings. The van der Waals surface area contributed by atoms with Crippen molar-refractivity contribution in [3.05, 3.63) is 48.3 Å². The Balaban J connectivity index is 1.59. The number of hydrogen-bond acceptors (Lipinski definition) is 4. The number of rotatable bonds is 7. The summed E-state index contributed by atoms with van der Waals surface area (Å²) in [6.07, 6.45) is 5.71. The molecule has 0 aromatic carbocycles. The predicted molar refractivity (Wildman–Crippen MR) is 90.4 cm³/mol. The van der Waals surface area contributed by atoms with Crippen LogP contribution >= 0.6 is 0 Å². The first kappa shape index (κ1) is 16.6. The molecule has 24 heavy (non-hydrogen) atoms. The third-order valence-corrected chi connectivity index (χ3v) is 4.50. The summed E-state index contributed by atoms with van der Waals surface area (Å²) in [6.45, 7) is 5.70. The number of urea groups is 1. The summed E-state index contributed by atoms with van der Waals surface area (Å²) < 4.78 is 10.9. The van der Waals surface area contributed by atoms with E-state index < -0.39 is 0 Å². The van der Waals surface area contributed by atoms with Gasteiger partial charge in [0.15, 0.2) is 0 Å².